The molecule has 0 aromatic heterocycles. The monoisotopic (exact) mass is 400 g/mol. The Morgan fingerprint density at radius 2 is 1.93 bits per heavy atom. The minimum absolute atomic E-state index is 0.0460. The third-order valence-electron chi connectivity index (χ3n) is 4.16. The molecule has 1 aliphatic rings. The van der Waals surface area contributed by atoms with Gasteiger partial charge in [0.25, 0.3) is 5.91 Å². The summed E-state index contributed by atoms with van der Waals surface area (Å²) >= 11 is 6.11. The number of carbonyl (C=O) groups excluding carboxylic acids is 3. The Bertz CT molecular complexity index is 962. The van der Waals surface area contributed by atoms with E-state index in [1.54, 1.807) is 24.3 Å². The van der Waals surface area contributed by atoms with Crippen LogP contribution in [0.5, 0.6) is 0 Å². The number of halogens is 1. The van der Waals surface area contributed by atoms with Crippen molar-refractivity contribution in [3.8, 4) is 0 Å². The maximum absolute atomic E-state index is 12.7. The van der Waals surface area contributed by atoms with Crippen molar-refractivity contribution in [3.63, 3.8) is 0 Å². The number of amides is 2. The van der Waals surface area contributed by atoms with Gasteiger partial charge >= 0.3 is 5.97 Å². The Kier molecular flexibility index (Phi) is 5.60. The number of para-hydroxylation sites is 1. The van der Waals surface area contributed by atoms with Crippen LogP contribution in [0.25, 0.3) is 0 Å². The summed E-state index contributed by atoms with van der Waals surface area (Å²) in [5.74, 6) is -1.70. The van der Waals surface area contributed by atoms with Crippen LogP contribution in [0.4, 0.5) is 11.4 Å². The minimum atomic E-state index is -0.778. The first kappa shape index (κ1) is 19.4. The lowest BCUT2D eigenvalue weighted by molar-refractivity contribution is -0.119. The highest BCUT2D eigenvalue weighted by atomic mass is 35.5. The zero-order valence-corrected chi connectivity index (χ0v) is 15.6. The predicted octanol–water partition coefficient (Wildman–Crippen LogP) is 2.19. The quantitative estimate of drug-likeness (QED) is 0.746. The molecular weight excluding hydrogens is 384 g/mol. The summed E-state index contributed by atoms with van der Waals surface area (Å²) in [7, 11) is 1.25. The van der Waals surface area contributed by atoms with E-state index < -0.39 is 23.8 Å². The number of nitrogens with two attached hydrogens (primary N) is 1. The number of hydrogen-bond acceptors (Lipinski definition) is 6. The Balaban J connectivity index is 1.85. The lowest BCUT2D eigenvalue weighted by Crippen LogP contribution is -2.39. The van der Waals surface area contributed by atoms with Gasteiger partial charge in [-0.1, -0.05) is 29.8 Å². The molecule has 0 saturated carbocycles. The maximum Gasteiger partial charge on any atom is 0.337 e. The average molecular weight is 401 g/mol. The van der Waals surface area contributed by atoms with E-state index in [4.69, 9.17) is 17.3 Å². The minimum Gasteiger partial charge on any atom is -0.465 e. The van der Waals surface area contributed by atoms with Crippen LogP contribution in [0.2, 0.25) is 5.02 Å². The number of primary amides is 1. The fraction of sp³-hybridized carbons (Fsp3) is 0.158. The van der Waals surface area contributed by atoms with Gasteiger partial charge in [0.1, 0.15) is 11.8 Å². The molecule has 1 unspecified atom stereocenters. The van der Waals surface area contributed by atoms with Gasteiger partial charge in [-0.15, -0.1) is 0 Å². The zero-order valence-electron chi connectivity index (χ0n) is 14.9. The van der Waals surface area contributed by atoms with Crippen molar-refractivity contribution in [2.24, 2.45) is 10.8 Å². The van der Waals surface area contributed by atoms with Crippen LogP contribution >= 0.6 is 11.6 Å². The highest BCUT2D eigenvalue weighted by Crippen LogP contribution is 2.27. The molecule has 2 aromatic rings. The molecule has 28 heavy (non-hydrogen) atoms. The third-order valence-corrected chi connectivity index (χ3v) is 4.49. The number of hydrogen-bond donors (Lipinski definition) is 2. The van der Waals surface area contributed by atoms with Gasteiger partial charge in [0, 0.05) is 6.42 Å². The van der Waals surface area contributed by atoms with Crippen LogP contribution < -0.4 is 16.1 Å². The SMILES string of the molecule is COC(=O)c1ccc(Cl)c(NC(=O)C2=NN(c3ccccc3)C(C(N)=O)C2)c1. The van der Waals surface area contributed by atoms with Crippen LogP contribution in [0.3, 0.4) is 0 Å². The molecule has 2 amide bonds. The summed E-state index contributed by atoms with van der Waals surface area (Å²) in [4.78, 5) is 36.2. The largest absolute Gasteiger partial charge is 0.465 e. The number of carbonyl (C=O) groups is 3. The van der Waals surface area contributed by atoms with E-state index in [-0.39, 0.29) is 28.4 Å². The second-order valence-electron chi connectivity index (χ2n) is 5.99. The molecule has 1 atom stereocenters. The van der Waals surface area contributed by atoms with E-state index in [9.17, 15) is 14.4 Å². The van der Waals surface area contributed by atoms with Crippen molar-refractivity contribution in [1.29, 1.82) is 0 Å². The Morgan fingerprint density at radius 1 is 1.21 bits per heavy atom. The fourth-order valence-electron chi connectivity index (χ4n) is 2.75. The number of esters is 1. The smallest absolute Gasteiger partial charge is 0.337 e. The van der Waals surface area contributed by atoms with E-state index in [1.165, 1.54) is 30.3 Å². The van der Waals surface area contributed by atoms with E-state index in [0.717, 1.165) is 0 Å². The van der Waals surface area contributed by atoms with Crippen LogP contribution in [-0.2, 0) is 14.3 Å². The number of nitrogens with one attached hydrogen (secondary N) is 1. The molecule has 144 valence electrons. The summed E-state index contributed by atoms with van der Waals surface area (Å²) in [5.41, 5.74) is 6.69. The summed E-state index contributed by atoms with van der Waals surface area (Å²) < 4.78 is 4.66. The van der Waals surface area contributed by atoms with Gasteiger partial charge in [-0.25, -0.2) is 4.79 Å². The van der Waals surface area contributed by atoms with Crippen molar-refractivity contribution < 1.29 is 19.1 Å². The van der Waals surface area contributed by atoms with E-state index in [1.807, 2.05) is 6.07 Å². The first-order valence-electron chi connectivity index (χ1n) is 8.31. The van der Waals surface area contributed by atoms with Gasteiger partial charge in [0.15, 0.2) is 0 Å². The molecule has 0 bridgehead atoms. The average Bonchev–Trinajstić information content (AvgIpc) is 3.15. The van der Waals surface area contributed by atoms with E-state index in [2.05, 4.69) is 15.2 Å². The molecule has 0 aliphatic carbocycles. The van der Waals surface area contributed by atoms with Gasteiger partial charge in [-0.3, -0.25) is 14.6 Å². The first-order valence-corrected chi connectivity index (χ1v) is 8.68. The standard InChI is InChI=1S/C19H17ClN4O4/c1-28-19(27)11-7-8-13(20)14(9-11)22-18(26)15-10-16(17(21)25)24(23-15)12-5-3-2-4-6-12/h2-9,16H,10H2,1H3,(H2,21,25)(H,22,26). The highest BCUT2D eigenvalue weighted by Gasteiger charge is 2.35. The molecule has 8 nitrogen and oxygen atoms in total. The first-order chi connectivity index (χ1) is 13.4. The Hall–Kier alpha value is -3.39. The molecule has 9 heteroatoms. The number of rotatable bonds is 5. The van der Waals surface area contributed by atoms with Crippen LogP contribution in [0.15, 0.2) is 53.6 Å². The van der Waals surface area contributed by atoms with Gasteiger partial charge in [0.2, 0.25) is 5.91 Å². The van der Waals surface area contributed by atoms with Gasteiger partial charge < -0.3 is 15.8 Å². The molecule has 3 N–H and O–H groups in total. The van der Waals surface area contributed by atoms with Crippen molar-refractivity contribution in [2.75, 3.05) is 17.4 Å². The molecule has 0 fully saturated rings. The van der Waals surface area contributed by atoms with Crippen LogP contribution in [0.1, 0.15) is 16.8 Å². The maximum atomic E-state index is 12.7. The lowest BCUT2D eigenvalue weighted by atomic mass is 10.1. The molecule has 0 saturated heterocycles. The molecular formula is C19H17ClN4O4. The second kappa shape index (κ2) is 8.10. The summed E-state index contributed by atoms with van der Waals surface area (Å²) in [6.07, 6.45) is 0.0460. The van der Waals surface area contributed by atoms with Crippen molar-refractivity contribution in [3.05, 3.63) is 59.1 Å². The molecule has 0 spiro atoms. The molecule has 0 radical (unpaired) electrons. The fourth-order valence-corrected chi connectivity index (χ4v) is 2.91. The van der Waals surface area contributed by atoms with Crippen molar-refractivity contribution in [1.82, 2.24) is 0 Å². The number of methoxy groups -OCH3 is 1. The van der Waals surface area contributed by atoms with Crippen molar-refractivity contribution >= 4 is 46.5 Å². The summed E-state index contributed by atoms with van der Waals surface area (Å²) in [6.45, 7) is 0. The third kappa shape index (κ3) is 3.96. The second-order valence-corrected chi connectivity index (χ2v) is 6.40. The number of anilines is 2. The Labute approximate surface area is 165 Å². The van der Waals surface area contributed by atoms with Gasteiger partial charge in [-0.2, -0.15) is 5.10 Å². The predicted molar refractivity (Wildman–Crippen MR) is 105 cm³/mol. The van der Waals surface area contributed by atoms with Gasteiger partial charge in [-0.05, 0) is 30.3 Å². The summed E-state index contributed by atoms with van der Waals surface area (Å²) in [5, 5.41) is 8.54. The normalized spacial score (nSPS) is 15.7. The van der Waals surface area contributed by atoms with Crippen molar-refractivity contribution in [2.45, 2.75) is 12.5 Å². The van der Waals surface area contributed by atoms with Gasteiger partial charge in [0.05, 0.1) is 29.1 Å². The highest BCUT2D eigenvalue weighted by molar-refractivity contribution is 6.45. The molecule has 1 heterocycles. The molecule has 1 aliphatic heterocycles. The zero-order chi connectivity index (χ0) is 20.3. The number of ether oxygens (including phenoxy) is 1. The summed E-state index contributed by atoms with van der Waals surface area (Å²) in [6, 6.07) is 12.5. The number of hydrazone groups is 1. The van der Waals surface area contributed by atoms with Crippen LogP contribution in [-0.4, -0.2) is 36.6 Å². The molecule has 2 aromatic carbocycles. The molecule has 3 rings (SSSR count). The lowest BCUT2D eigenvalue weighted by Gasteiger charge is -2.20. The van der Waals surface area contributed by atoms with E-state index >= 15 is 0 Å². The van der Waals surface area contributed by atoms with E-state index in [0.29, 0.717) is 5.69 Å². The topological polar surface area (TPSA) is 114 Å². The number of nitrogens with zero attached hydrogens (tertiary/aromatic N) is 2. The van der Waals surface area contributed by atoms with Crippen LogP contribution in [0, 0.1) is 0 Å². The number of benzene rings is 2. The Morgan fingerprint density at radius 3 is 2.57 bits per heavy atom.